The van der Waals surface area contributed by atoms with E-state index in [2.05, 4.69) is 9.82 Å². The molecule has 0 saturated heterocycles. The van der Waals surface area contributed by atoms with Gasteiger partial charge in [-0.15, -0.1) is 0 Å². The van der Waals surface area contributed by atoms with Crippen LogP contribution in [0.2, 0.25) is 0 Å². The Kier molecular flexibility index (Phi) is 4.37. The van der Waals surface area contributed by atoms with Crippen molar-refractivity contribution in [2.24, 2.45) is 0 Å². The van der Waals surface area contributed by atoms with Gasteiger partial charge < -0.3 is 10.5 Å². The molecule has 0 amide bonds. The average molecular weight is 310 g/mol. The molecule has 2 rings (SSSR count). The lowest BCUT2D eigenvalue weighted by Crippen LogP contribution is -2.14. The second-order valence-corrected chi connectivity index (χ2v) is 5.92. The number of para-hydroxylation sites is 2. The number of aryl methyl sites for hydroxylation is 1. The molecule has 1 aromatic carbocycles. The van der Waals surface area contributed by atoms with Gasteiger partial charge in [-0.25, -0.2) is 8.42 Å². The number of rotatable bonds is 6. The van der Waals surface area contributed by atoms with Gasteiger partial charge in [0.15, 0.2) is 5.82 Å². The molecule has 21 heavy (non-hydrogen) atoms. The Morgan fingerprint density at radius 1 is 1.33 bits per heavy atom. The molecular formula is C13H18N4O3S. The Labute approximate surface area is 123 Å². The number of nitrogens with two attached hydrogens (primary N) is 1. The van der Waals surface area contributed by atoms with Crippen LogP contribution < -0.4 is 15.2 Å². The summed E-state index contributed by atoms with van der Waals surface area (Å²) in [5.74, 6) is 0.434. The van der Waals surface area contributed by atoms with Gasteiger partial charge >= 0.3 is 0 Å². The molecule has 0 spiro atoms. The number of aromatic nitrogens is 2. The van der Waals surface area contributed by atoms with Crippen LogP contribution in [0.1, 0.15) is 13.8 Å². The molecule has 8 heteroatoms. The van der Waals surface area contributed by atoms with Crippen LogP contribution >= 0.6 is 0 Å². The van der Waals surface area contributed by atoms with Crippen molar-refractivity contribution >= 4 is 21.5 Å². The second kappa shape index (κ2) is 6.04. The smallest absolute Gasteiger partial charge is 0.267 e. The van der Waals surface area contributed by atoms with Crippen molar-refractivity contribution in [2.45, 2.75) is 25.3 Å². The van der Waals surface area contributed by atoms with E-state index in [4.69, 9.17) is 10.5 Å². The van der Waals surface area contributed by atoms with Gasteiger partial charge in [-0.1, -0.05) is 12.1 Å². The topological polar surface area (TPSA) is 99.2 Å². The normalized spacial score (nSPS) is 11.3. The van der Waals surface area contributed by atoms with Crippen LogP contribution in [0.4, 0.5) is 11.5 Å². The zero-order chi connectivity index (χ0) is 15.5. The Bertz CT molecular complexity index is 725. The number of nitrogens with zero attached hydrogens (tertiary/aromatic N) is 2. The number of anilines is 2. The average Bonchev–Trinajstić information content (AvgIpc) is 2.83. The predicted octanol–water partition coefficient (Wildman–Crippen LogP) is 1.68. The van der Waals surface area contributed by atoms with Crippen molar-refractivity contribution in [2.75, 3.05) is 17.1 Å². The first kappa shape index (κ1) is 15.2. The third kappa shape index (κ3) is 3.27. The number of nitrogens with one attached hydrogen (secondary N) is 1. The molecule has 2 aromatic rings. The summed E-state index contributed by atoms with van der Waals surface area (Å²) in [4.78, 5) is -0.0457. The van der Waals surface area contributed by atoms with Gasteiger partial charge in [0.2, 0.25) is 0 Å². The summed E-state index contributed by atoms with van der Waals surface area (Å²) in [5, 5.41) is 3.94. The highest BCUT2D eigenvalue weighted by atomic mass is 32.2. The lowest BCUT2D eigenvalue weighted by atomic mass is 10.3. The van der Waals surface area contributed by atoms with Crippen LogP contribution in [0.25, 0.3) is 0 Å². The number of hydrogen-bond donors (Lipinski definition) is 2. The van der Waals surface area contributed by atoms with Crippen LogP contribution in [0, 0.1) is 0 Å². The minimum atomic E-state index is -3.81. The van der Waals surface area contributed by atoms with Crippen molar-refractivity contribution in [3.63, 3.8) is 0 Å². The van der Waals surface area contributed by atoms with E-state index in [1.165, 1.54) is 10.9 Å². The highest BCUT2D eigenvalue weighted by Crippen LogP contribution is 2.27. The molecule has 0 bridgehead atoms. The molecule has 0 radical (unpaired) electrons. The number of sulfonamides is 1. The summed E-state index contributed by atoms with van der Waals surface area (Å²) in [5.41, 5.74) is 6.03. The fourth-order valence-corrected chi connectivity index (χ4v) is 2.96. The summed E-state index contributed by atoms with van der Waals surface area (Å²) >= 11 is 0. The third-order valence-electron chi connectivity index (χ3n) is 2.80. The van der Waals surface area contributed by atoms with E-state index in [9.17, 15) is 8.42 Å². The molecule has 0 saturated carbocycles. The molecule has 0 aliphatic rings. The van der Waals surface area contributed by atoms with Crippen LogP contribution in [0.3, 0.4) is 0 Å². The van der Waals surface area contributed by atoms with E-state index in [0.717, 1.165) is 0 Å². The van der Waals surface area contributed by atoms with Crippen molar-refractivity contribution in [1.82, 2.24) is 9.78 Å². The van der Waals surface area contributed by atoms with Crippen molar-refractivity contribution < 1.29 is 13.2 Å². The van der Waals surface area contributed by atoms with Crippen LogP contribution in [-0.4, -0.2) is 24.8 Å². The summed E-state index contributed by atoms with van der Waals surface area (Å²) in [7, 11) is -3.81. The fourth-order valence-electron chi connectivity index (χ4n) is 1.82. The Morgan fingerprint density at radius 3 is 2.67 bits per heavy atom. The lowest BCUT2D eigenvalue weighted by Gasteiger charge is -2.12. The van der Waals surface area contributed by atoms with E-state index < -0.39 is 10.0 Å². The maximum absolute atomic E-state index is 12.4. The van der Waals surface area contributed by atoms with E-state index in [1.54, 1.807) is 24.3 Å². The molecule has 3 N–H and O–H groups in total. The van der Waals surface area contributed by atoms with Crippen LogP contribution in [-0.2, 0) is 16.6 Å². The molecular weight excluding hydrogens is 292 g/mol. The number of nitrogen functional groups attached to an aromatic ring is 1. The first-order valence-corrected chi connectivity index (χ1v) is 8.03. The largest absolute Gasteiger partial charge is 0.492 e. The first-order valence-electron chi connectivity index (χ1n) is 6.55. The maximum Gasteiger partial charge on any atom is 0.267 e. The van der Waals surface area contributed by atoms with Gasteiger partial charge in [-0.2, -0.15) is 5.10 Å². The highest BCUT2D eigenvalue weighted by Gasteiger charge is 2.22. The molecule has 1 aromatic heterocycles. The van der Waals surface area contributed by atoms with Gasteiger partial charge in [0.1, 0.15) is 10.6 Å². The van der Waals surface area contributed by atoms with E-state index >= 15 is 0 Å². The van der Waals surface area contributed by atoms with E-state index in [-0.39, 0.29) is 10.7 Å². The van der Waals surface area contributed by atoms with E-state index in [1.807, 2.05) is 13.8 Å². The zero-order valence-electron chi connectivity index (χ0n) is 11.9. The molecule has 114 valence electrons. The fraction of sp³-hybridized carbons (Fsp3) is 0.308. The molecule has 0 fully saturated rings. The maximum atomic E-state index is 12.4. The SMILES string of the molecule is CCOc1ccccc1NS(=O)(=O)c1cn(CC)nc1N. The molecule has 0 atom stereocenters. The standard InChI is InChI=1S/C13H18N4O3S/c1-3-17-9-12(13(14)15-17)21(18,19)16-10-7-5-6-8-11(10)20-4-2/h5-9,16H,3-4H2,1-2H3,(H2,14,15). The van der Waals surface area contributed by atoms with E-state index in [0.29, 0.717) is 24.6 Å². The highest BCUT2D eigenvalue weighted by molar-refractivity contribution is 7.92. The van der Waals surface area contributed by atoms with Gasteiger partial charge in [-0.05, 0) is 26.0 Å². The monoisotopic (exact) mass is 310 g/mol. The van der Waals surface area contributed by atoms with Gasteiger partial charge in [-0.3, -0.25) is 9.40 Å². The molecule has 0 aliphatic heterocycles. The van der Waals surface area contributed by atoms with Crippen LogP contribution in [0.15, 0.2) is 35.4 Å². The van der Waals surface area contributed by atoms with Gasteiger partial charge in [0.25, 0.3) is 10.0 Å². The first-order chi connectivity index (χ1) is 9.97. The van der Waals surface area contributed by atoms with Gasteiger partial charge in [0, 0.05) is 12.7 Å². The summed E-state index contributed by atoms with van der Waals surface area (Å²) in [6.07, 6.45) is 1.40. The number of benzene rings is 1. The summed E-state index contributed by atoms with van der Waals surface area (Å²) < 4.78 is 34.2. The van der Waals surface area contributed by atoms with Crippen molar-refractivity contribution in [3.05, 3.63) is 30.5 Å². The minimum absolute atomic E-state index is 0.0294. The van der Waals surface area contributed by atoms with Crippen molar-refractivity contribution in [1.29, 1.82) is 0 Å². The zero-order valence-corrected chi connectivity index (χ0v) is 12.7. The molecule has 0 aliphatic carbocycles. The number of hydrogen-bond acceptors (Lipinski definition) is 5. The van der Waals surface area contributed by atoms with Crippen LogP contribution in [0.5, 0.6) is 5.75 Å². The molecule has 0 unspecified atom stereocenters. The summed E-state index contributed by atoms with van der Waals surface area (Å²) in [6, 6.07) is 6.81. The summed E-state index contributed by atoms with van der Waals surface area (Å²) in [6.45, 7) is 4.65. The van der Waals surface area contributed by atoms with Crippen molar-refractivity contribution in [3.8, 4) is 5.75 Å². The second-order valence-electron chi connectivity index (χ2n) is 4.27. The Balaban J connectivity index is 2.35. The quantitative estimate of drug-likeness (QED) is 0.845. The third-order valence-corrected chi connectivity index (χ3v) is 4.18. The lowest BCUT2D eigenvalue weighted by molar-refractivity contribution is 0.342. The Hall–Kier alpha value is -2.22. The number of ether oxygens (including phenoxy) is 1. The van der Waals surface area contributed by atoms with Gasteiger partial charge in [0.05, 0.1) is 12.3 Å². The molecule has 7 nitrogen and oxygen atoms in total. The Morgan fingerprint density at radius 2 is 2.05 bits per heavy atom. The minimum Gasteiger partial charge on any atom is -0.492 e. The molecule has 1 heterocycles. The predicted molar refractivity (Wildman–Crippen MR) is 80.7 cm³/mol.